The van der Waals surface area contributed by atoms with Gasteiger partial charge in [0.2, 0.25) is 0 Å². The van der Waals surface area contributed by atoms with Gasteiger partial charge in [0.15, 0.2) is 0 Å². The van der Waals surface area contributed by atoms with Gasteiger partial charge in [0, 0.05) is 0 Å². The molecule has 50 heavy (non-hydrogen) atoms. The van der Waals surface area contributed by atoms with Crippen LogP contribution in [0.15, 0.2) is 114 Å². The summed E-state index contributed by atoms with van der Waals surface area (Å²) in [6, 6.07) is 31.2. The number of carbonyl (C=O) groups is 3. The zero-order valence-corrected chi connectivity index (χ0v) is 30.7. The number of para-hydroxylation sites is 1. The van der Waals surface area contributed by atoms with Crippen molar-refractivity contribution in [1.82, 2.24) is 14.6 Å². The van der Waals surface area contributed by atoms with Crippen molar-refractivity contribution in [3.63, 3.8) is 0 Å². The van der Waals surface area contributed by atoms with Crippen molar-refractivity contribution in [3.05, 3.63) is 120 Å². The molecule has 2 N–H and O–H groups in total. The van der Waals surface area contributed by atoms with E-state index in [4.69, 9.17) is 9.47 Å². The van der Waals surface area contributed by atoms with Crippen LogP contribution in [-0.2, 0) is 35.7 Å². The van der Waals surface area contributed by atoms with Crippen molar-refractivity contribution in [3.8, 4) is 11.3 Å². The fourth-order valence-electron chi connectivity index (χ4n) is 5.11. The molecule has 1 aromatic heterocycles. The van der Waals surface area contributed by atoms with E-state index in [1.54, 1.807) is 57.2 Å². The van der Waals surface area contributed by atoms with Gasteiger partial charge in [-0.3, -0.25) is 0 Å². The first-order valence-corrected chi connectivity index (χ1v) is 19.4. The van der Waals surface area contributed by atoms with Crippen molar-refractivity contribution < 1.29 is 32.3 Å². The van der Waals surface area contributed by atoms with Gasteiger partial charge in [-0.05, 0) is 0 Å². The number of esters is 1. The van der Waals surface area contributed by atoms with Crippen molar-refractivity contribution in [2.45, 2.75) is 56.2 Å². The van der Waals surface area contributed by atoms with E-state index < -0.39 is 61.1 Å². The number of benzene rings is 4. The summed E-state index contributed by atoms with van der Waals surface area (Å²) in [4.78, 5) is 39.1. The Morgan fingerprint density at radius 2 is 1.46 bits per heavy atom. The summed E-state index contributed by atoms with van der Waals surface area (Å²) in [5, 5.41) is 6.08. The third kappa shape index (κ3) is 9.01. The molecule has 0 aliphatic carbocycles. The molecule has 1 heterocycles. The van der Waals surface area contributed by atoms with Crippen LogP contribution in [0, 0.1) is 6.92 Å². The number of rotatable bonds is 12. The number of ether oxygens (including phenoxy) is 2. The van der Waals surface area contributed by atoms with Gasteiger partial charge in [0.05, 0.1) is 0 Å². The van der Waals surface area contributed by atoms with E-state index in [1.165, 1.54) is 3.97 Å². The van der Waals surface area contributed by atoms with Crippen molar-refractivity contribution in [1.29, 1.82) is 0 Å². The number of alkyl carbamates (subject to hydrolysis) is 1. The van der Waals surface area contributed by atoms with Crippen LogP contribution in [0.25, 0.3) is 22.2 Å². The van der Waals surface area contributed by atoms with Gasteiger partial charge in [-0.1, -0.05) is 0 Å². The molecular weight excluding hydrogens is 721 g/mol. The van der Waals surface area contributed by atoms with Crippen LogP contribution in [-0.4, -0.2) is 63.5 Å². The SMILES string of the molecule is Cc1ccc(S(=O)(=O)n2c(-c3ccccc3)c([Se]C[C@H](NC(=O)OC(C)(C)C)C(=O)NCC(=O)OCc3ccccc3)c3ccccc32)cc1. The first kappa shape index (κ1) is 36.4. The number of hydrogen-bond acceptors (Lipinski definition) is 7. The van der Waals surface area contributed by atoms with Crippen LogP contribution in [0.5, 0.6) is 0 Å². The Morgan fingerprint density at radius 3 is 2.12 bits per heavy atom. The molecule has 5 rings (SSSR count). The van der Waals surface area contributed by atoms with Crippen molar-refractivity contribution >= 4 is 58.3 Å². The van der Waals surface area contributed by atoms with Gasteiger partial charge in [-0.2, -0.15) is 0 Å². The fraction of sp³-hybridized carbons (Fsp3) is 0.237. The number of aryl methyl sites for hydroxylation is 1. The summed E-state index contributed by atoms with van der Waals surface area (Å²) < 4.78 is 41.6. The predicted octanol–water partition coefficient (Wildman–Crippen LogP) is 5.35. The Kier molecular flexibility index (Phi) is 11.5. The molecule has 5 aromatic rings. The Morgan fingerprint density at radius 1 is 0.840 bits per heavy atom. The van der Waals surface area contributed by atoms with E-state index in [9.17, 15) is 22.8 Å². The van der Waals surface area contributed by atoms with E-state index in [0.29, 0.717) is 22.2 Å². The molecule has 0 radical (unpaired) electrons. The Labute approximate surface area is 298 Å². The zero-order valence-electron chi connectivity index (χ0n) is 28.2. The molecular formula is C38H39N3O7SSe. The standard InChI is InChI=1S/C38H39N3O7SSe/c1-26-19-21-29(22-20-26)49(45,46)41-32-18-12-11-17-30(32)35(34(41)28-15-9-6-10-16-28)50-25-31(40-37(44)48-38(2,3)4)36(43)39-23-33(42)47-24-27-13-7-5-8-14-27/h5-22,31H,23-25H2,1-4H3,(H,39,43)(H,40,44)/t31-/m0/s1. The number of nitrogens with zero attached hydrogens (tertiary/aromatic N) is 1. The first-order chi connectivity index (χ1) is 23.8. The maximum absolute atomic E-state index is 14.4. The molecule has 4 aromatic carbocycles. The van der Waals surface area contributed by atoms with Crippen LogP contribution in [0.3, 0.4) is 0 Å². The monoisotopic (exact) mass is 761 g/mol. The summed E-state index contributed by atoms with van der Waals surface area (Å²) in [5.41, 5.74) is 2.56. The van der Waals surface area contributed by atoms with Gasteiger partial charge < -0.3 is 0 Å². The molecule has 0 unspecified atom stereocenters. The summed E-state index contributed by atoms with van der Waals surface area (Å²) >= 11 is -0.580. The molecule has 260 valence electrons. The average Bonchev–Trinajstić information content (AvgIpc) is 3.43. The molecule has 2 amide bonds. The summed E-state index contributed by atoms with van der Waals surface area (Å²) in [6.45, 7) is 6.67. The molecule has 0 fully saturated rings. The summed E-state index contributed by atoms with van der Waals surface area (Å²) in [6.07, 6.45) is -0.798. The van der Waals surface area contributed by atoms with Crippen molar-refractivity contribution in [2.75, 3.05) is 6.54 Å². The van der Waals surface area contributed by atoms with Crippen LogP contribution in [0.1, 0.15) is 31.9 Å². The average molecular weight is 761 g/mol. The van der Waals surface area contributed by atoms with Crippen LogP contribution in [0.2, 0.25) is 5.32 Å². The van der Waals surface area contributed by atoms with Crippen molar-refractivity contribution in [2.24, 2.45) is 0 Å². The van der Waals surface area contributed by atoms with E-state index in [1.807, 2.05) is 79.7 Å². The number of amides is 2. The van der Waals surface area contributed by atoms with Gasteiger partial charge >= 0.3 is 299 Å². The fourth-order valence-corrected chi connectivity index (χ4v) is 9.39. The number of hydrogen-bond donors (Lipinski definition) is 2. The molecule has 12 heteroatoms. The third-order valence-electron chi connectivity index (χ3n) is 7.44. The van der Waals surface area contributed by atoms with E-state index in [0.717, 1.165) is 15.6 Å². The van der Waals surface area contributed by atoms with Crippen LogP contribution >= 0.6 is 0 Å². The normalized spacial score (nSPS) is 12.2. The number of carbonyl (C=O) groups excluding carboxylic acids is 3. The van der Waals surface area contributed by atoms with Gasteiger partial charge in [0.1, 0.15) is 0 Å². The molecule has 0 bridgehead atoms. The zero-order chi connectivity index (χ0) is 35.9. The number of fused-ring (bicyclic) bond motifs is 1. The maximum atomic E-state index is 14.4. The van der Waals surface area contributed by atoms with Gasteiger partial charge in [-0.25, -0.2) is 0 Å². The molecule has 1 atom stereocenters. The predicted molar refractivity (Wildman–Crippen MR) is 194 cm³/mol. The topological polar surface area (TPSA) is 133 Å². The first-order valence-electron chi connectivity index (χ1n) is 15.9. The molecule has 0 aliphatic rings. The van der Waals surface area contributed by atoms with Crippen LogP contribution in [0.4, 0.5) is 4.79 Å². The second kappa shape index (κ2) is 15.8. The molecule has 0 saturated heterocycles. The quantitative estimate of drug-likeness (QED) is 0.129. The minimum absolute atomic E-state index is 0.0517. The second-order valence-corrected chi connectivity index (χ2v) is 16.5. The number of nitrogens with one attached hydrogen (secondary N) is 2. The molecule has 0 aliphatic heterocycles. The second-order valence-electron chi connectivity index (χ2n) is 12.5. The van der Waals surface area contributed by atoms with E-state index >= 15 is 0 Å². The van der Waals surface area contributed by atoms with Gasteiger partial charge in [0.25, 0.3) is 0 Å². The van der Waals surface area contributed by atoms with Gasteiger partial charge in [-0.15, -0.1) is 0 Å². The molecule has 0 saturated carbocycles. The third-order valence-corrected chi connectivity index (χ3v) is 11.7. The summed E-state index contributed by atoms with van der Waals surface area (Å²) in [5.74, 6) is -1.24. The van der Waals surface area contributed by atoms with Crippen LogP contribution < -0.4 is 15.1 Å². The number of aromatic nitrogens is 1. The Hall–Kier alpha value is -4.90. The Balaban J connectivity index is 1.48. The van der Waals surface area contributed by atoms with E-state index in [-0.39, 0.29) is 16.8 Å². The molecule has 10 nitrogen and oxygen atoms in total. The summed E-state index contributed by atoms with van der Waals surface area (Å²) in [7, 11) is -4.07. The Bertz CT molecular complexity index is 2080. The molecule has 0 spiro atoms. The minimum atomic E-state index is -4.07. The van der Waals surface area contributed by atoms with E-state index in [2.05, 4.69) is 10.6 Å².